The minimum Gasteiger partial charge on any atom is -0.328 e. The van der Waals surface area contributed by atoms with Gasteiger partial charge < -0.3 is 4.90 Å². The van der Waals surface area contributed by atoms with Crippen molar-refractivity contribution in [1.29, 1.82) is 0 Å². The maximum absolute atomic E-state index is 12.1. The van der Waals surface area contributed by atoms with Gasteiger partial charge in [0.05, 0.1) is 11.9 Å². The average Bonchev–Trinajstić information content (AvgIpc) is 2.11. The number of ketones is 1. The van der Waals surface area contributed by atoms with Gasteiger partial charge in [-0.15, -0.1) is 0 Å². The summed E-state index contributed by atoms with van der Waals surface area (Å²) >= 11 is 2.90. The van der Waals surface area contributed by atoms with Crippen LogP contribution in [0.3, 0.4) is 0 Å². The number of alkyl halides is 3. The summed E-state index contributed by atoms with van der Waals surface area (Å²) in [5, 5.41) is 0.0622. The molecule has 0 atom stereocenters. The van der Waals surface area contributed by atoms with E-state index in [1.165, 1.54) is 0 Å². The molecule has 0 heterocycles. The SMILES string of the molecule is CC(C)N(CC(=O)CBr)C(=O)C(F)F. The van der Waals surface area contributed by atoms with Crippen molar-refractivity contribution in [2.24, 2.45) is 0 Å². The van der Waals surface area contributed by atoms with E-state index in [1.54, 1.807) is 13.8 Å². The average molecular weight is 272 g/mol. The molecule has 82 valence electrons. The monoisotopic (exact) mass is 271 g/mol. The Balaban J connectivity index is 4.45. The largest absolute Gasteiger partial charge is 0.328 e. The first-order valence-electron chi connectivity index (χ1n) is 4.06. The van der Waals surface area contributed by atoms with Crippen LogP contribution in [0, 0.1) is 0 Å². The van der Waals surface area contributed by atoms with Crippen LogP contribution >= 0.6 is 15.9 Å². The Labute approximate surface area is 89.6 Å². The number of carbonyl (C=O) groups excluding carboxylic acids is 2. The third kappa shape index (κ3) is 4.13. The maximum Gasteiger partial charge on any atom is 0.315 e. The molecule has 0 aromatic rings. The van der Waals surface area contributed by atoms with Crippen molar-refractivity contribution in [3.63, 3.8) is 0 Å². The summed E-state index contributed by atoms with van der Waals surface area (Å²) < 4.78 is 24.2. The molecule has 14 heavy (non-hydrogen) atoms. The molecule has 6 heteroatoms. The van der Waals surface area contributed by atoms with E-state index < -0.39 is 18.4 Å². The van der Waals surface area contributed by atoms with Crippen LogP contribution in [0.4, 0.5) is 8.78 Å². The lowest BCUT2D eigenvalue weighted by Crippen LogP contribution is -2.44. The van der Waals surface area contributed by atoms with Gasteiger partial charge in [0.25, 0.3) is 5.91 Å². The van der Waals surface area contributed by atoms with Gasteiger partial charge >= 0.3 is 6.43 Å². The van der Waals surface area contributed by atoms with E-state index in [1.807, 2.05) is 0 Å². The molecule has 0 saturated heterocycles. The minimum atomic E-state index is -3.06. The highest BCUT2D eigenvalue weighted by Crippen LogP contribution is 2.06. The second kappa shape index (κ2) is 6.06. The first kappa shape index (κ1) is 13.5. The molecule has 0 N–H and O–H groups in total. The molecule has 0 unspecified atom stereocenters. The van der Waals surface area contributed by atoms with Gasteiger partial charge in [0.15, 0.2) is 5.78 Å². The highest BCUT2D eigenvalue weighted by atomic mass is 79.9. The van der Waals surface area contributed by atoms with Crippen LogP contribution in [0.25, 0.3) is 0 Å². The van der Waals surface area contributed by atoms with Crippen LogP contribution in [-0.4, -0.2) is 40.9 Å². The lowest BCUT2D eigenvalue weighted by molar-refractivity contribution is -0.146. The molecule has 3 nitrogen and oxygen atoms in total. The number of nitrogens with zero attached hydrogens (tertiary/aromatic N) is 1. The van der Waals surface area contributed by atoms with E-state index >= 15 is 0 Å². The van der Waals surface area contributed by atoms with Crippen molar-refractivity contribution in [2.45, 2.75) is 26.3 Å². The van der Waals surface area contributed by atoms with Crippen LogP contribution in [0.5, 0.6) is 0 Å². The Kier molecular flexibility index (Phi) is 5.83. The second-order valence-electron chi connectivity index (χ2n) is 3.03. The lowest BCUT2D eigenvalue weighted by Gasteiger charge is -2.25. The fourth-order valence-corrected chi connectivity index (χ4v) is 1.05. The van der Waals surface area contributed by atoms with E-state index in [2.05, 4.69) is 15.9 Å². The summed E-state index contributed by atoms with van der Waals surface area (Å²) in [6, 6.07) is -0.403. The van der Waals surface area contributed by atoms with Gasteiger partial charge in [-0.25, -0.2) is 0 Å². The Morgan fingerprint density at radius 2 is 1.86 bits per heavy atom. The molecular formula is C8H12BrF2NO2. The van der Waals surface area contributed by atoms with Crippen LogP contribution < -0.4 is 0 Å². The van der Waals surface area contributed by atoms with Gasteiger partial charge in [-0.2, -0.15) is 8.78 Å². The number of carbonyl (C=O) groups is 2. The summed E-state index contributed by atoms with van der Waals surface area (Å²) in [4.78, 5) is 22.8. The zero-order valence-corrected chi connectivity index (χ0v) is 9.55. The summed E-state index contributed by atoms with van der Waals surface area (Å²) in [5.41, 5.74) is 0. The molecule has 0 aliphatic rings. The number of Topliss-reactive ketones (excluding diaryl/α,β-unsaturated/α-hetero) is 1. The van der Waals surface area contributed by atoms with Gasteiger partial charge in [0, 0.05) is 6.04 Å². The van der Waals surface area contributed by atoms with E-state index in [4.69, 9.17) is 0 Å². The first-order chi connectivity index (χ1) is 6.40. The third-order valence-corrected chi connectivity index (χ3v) is 2.21. The van der Waals surface area contributed by atoms with Gasteiger partial charge in [0.2, 0.25) is 0 Å². The van der Waals surface area contributed by atoms with Gasteiger partial charge in [-0.05, 0) is 13.8 Å². The zero-order chi connectivity index (χ0) is 11.3. The topological polar surface area (TPSA) is 37.4 Å². The van der Waals surface area contributed by atoms with Crippen LogP contribution in [0.1, 0.15) is 13.8 Å². The predicted molar refractivity (Wildman–Crippen MR) is 51.7 cm³/mol. The molecule has 0 spiro atoms. The maximum atomic E-state index is 12.1. The van der Waals surface area contributed by atoms with Crippen LogP contribution in [0.15, 0.2) is 0 Å². The van der Waals surface area contributed by atoms with Crippen LogP contribution in [-0.2, 0) is 9.59 Å². The Hall–Kier alpha value is -0.520. The minimum absolute atomic E-state index is 0.0622. The summed E-state index contributed by atoms with van der Waals surface area (Å²) in [7, 11) is 0. The third-order valence-electron chi connectivity index (χ3n) is 1.59. The van der Waals surface area contributed by atoms with Crippen molar-refractivity contribution in [2.75, 3.05) is 11.9 Å². The van der Waals surface area contributed by atoms with Crippen molar-refractivity contribution >= 4 is 27.6 Å². The molecule has 0 radical (unpaired) electrons. The molecule has 0 aromatic carbocycles. The smallest absolute Gasteiger partial charge is 0.315 e. The number of halogens is 3. The fraction of sp³-hybridized carbons (Fsp3) is 0.750. The van der Waals surface area contributed by atoms with Gasteiger partial charge in [-0.3, -0.25) is 9.59 Å². The predicted octanol–water partition coefficient (Wildman–Crippen LogP) is 1.45. The van der Waals surface area contributed by atoms with Gasteiger partial charge in [-0.1, -0.05) is 15.9 Å². The van der Waals surface area contributed by atoms with E-state index in [0.29, 0.717) is 0 Å². The molecular weight excluding hydrogens is 260 g/mol. The molecule has 0 saturated carbocycles. The lowest BCUT2D eigenvalue weighted by atomic mass is 10.3. The van der Waals surface area contributed by atoms with E-state index in [9.17, 15) is 18.4 Å². The Morgan fingerprint density at radius 1 is 1.36 bits per heavy atom. The van der Waals surface area contributed by atoms with E-state index in [-0.39, 0.29) is 17.7 Å². The molecule has 0 aliphatic heterocycles. The molecule has 0 aromatic heterocycles. The highest BCUT2D eigenvalue weighted by Gasteiger charge is 2.26. The first-order valence-corrected chi connectivity index (χ1v) is 5.18. The zero-order valence-electron chi connectivity index (χ0n) is 7.97. The standard InChI is InChI=1S/C8H12BrF2NO2/c1-5(2)12(4-6(13)3-9)8(14)7(10)11/h5,7H,3-4H2,1-2H3. The number of amides is 1. The van der Waals surface area contributed by atoms with Crippen molar-refractivity contribution in [3.05, 3.63) is 0 Å². The molecule has 0 fully saturated rings. The molecule has 1 amide bonds. The highest BCUT2D eigenvalue weighted by molar-refractivity contribution is 9.09. The summed E-state index contributed by atoms with van der Waals surface area (Å²) in [6.07, 6.45) is -3.06. The van der Waals surface area contributed by atoms with E-state index in [0.717, 1.165) is 4.90 Å². The normalized spacial score (nSPS) is 10.8. The number of rotatable bonds is 5. The van der Waals surface area contributed by atoms with Crippen LogP contribution in [0.2, 0.25) is 0 Å². The molecule has 0 aliphatic carbocycles. The quantitative estimate of drug-likeness (QED) is 0.710. The van der Waals surface area contributed by atoms with Crippen molar-refractivity contribution in [1.82, 2.24) is 4.90 Å². The number of hydrogen-bond donors (Lipinski definition) is 0. The van der Waals surface area contributed by atoms with Crippen molar-refractivity contribution < 1.29 is 18.4 Å². The van der Waals surface area contributed by atoms with Gasteiger partial charge in [0.1, 0.15) is 0 Å². The second-order valence-corrected chi connectivity index (χ2v) is 3.59. The molecule has 0 bridgehead atoms. The summed E-state index contributed by atoms with van der Waals surface area (Å²) in [6.45, 7) is 2.90. The Morgan fingerprint density at radius 3 is 2.14 bits per heavy atom. The van der Waals surface area contributed by atoms with Crippen molar-refractivity contribution in [3.8, 4) is 0 Å². The summed E-state index contributed by atoms with van der Waals surface area (Å²) in [5.74, 6) is -1.60. The fourth-order valence-electron chi connectivity index (χ4n) is 0.873. The molecule has 0 rings (SSSR count). The number of hydrogen-bond acceptors (Lipinski definition) is 2. The Bertz CT molecular complexity index is 221.